The van der Waals surface area contributed by atoms with Gasteiger partial charge in [-0.25, -0.2) is 0 Å². The van der Waals surface area contributed by atoms with E-state index < -0.39 is 0 Å². The molecule has 2 heterocycles. The first kappa shape index (κ1) is 14.4. The van der Waals surface area contributed by atoms with Crippen LogP contribution in [0.1, 0.15) is 22.7 Å². The minimum absolute atomic E-state index is 0.272. The Balaban J connectivity index is 1.87. The Morgan fingerprint density at radius 2 is 2.24 bits per heavy atom. The average molecular weight is 306 g/mol. The van der Waals surface area contributed by atoms with Crippen molar-refractivity contribution in [1.82, 2.24) is 15.1 Å². The molecule has 0 saturated carbocycles. The summed E-state index contributed by atoms with van der Waals surface area (Å²) in [4.78, 5) is 0. The van der Waals surface area contributed by atoms with E-state index in [4.69, 9.17) is 16.3 Å². The van der Waals surface area contributed by atoms with Gasteiger partial charge in [-0.3, -0.25) is 4.68 Å². The first-order chi connectivity index (χ1) is 10.1. The Morgan fingerprint density at radius 3 is 2.90 bits per heavy atom. The van der Waals surface area contributed by atoms with Gasteiger partial charge in [0, 0.05) is 30.1 Å². The fourth-order valence-electron chi connectivity index (χ4n) is 3.09. The number of fused-ring (bicyclic) bond motifs is 1. The number of likely N-dealkylation sites (N-methyl/N-ethyl adjacent to an activating group) is 1. The van der Waals surface area contributed by atoms with Gasteiger partial charge in [0.15, 0.2) is 0 Å². The van der Waals surface area contributed by atoms with E-state index in [0.717, 1.165) is 28.6 Å². The molecular weight excluding hydrogens is 286 g/mol. The molecule has 1 aliphatic rings. The van der Waals surface area contributed by atoms with Crippen molar-refractivity contribution in [2.24, 2.45) is 7.05 Å². The minimum atomic E-state index is 0.272. The molecular formula is C16H20ClN3O. The van der Waals surface area contributed by atoms with Crippen LogP contribution in [0.3, 0.4) is 0 Å². The second-order valence-corrected chi connectivity index (χ2v) is 5.89. The van der Waals surface area contributed by atoms with Gasteiger partial charge in [0.2, 0.25) is 0 Å². The number of hydrogen-bond donors (Lipinski definition) is 1. The van der Waals surface area contributed by atoms with Crippen LogP contribution in [0.4, 0.5) is 0 Å². The van der Waals surface area contributed by atoms with Crippen LogP contribution in [0, 0.1) is 6.92 Å². The molecule has 2 aromatic rings. The molecule has 0 saturated heterocycles. The molecule has 1 aromatic heterocycles. The molecule has 1 N–H and O–H groups in total. The van der Waals surface area contributed by atoms with Gasteiger partial charge in [-0.1, -0.05) is 29.8 Å². The maximum atomic E-state index is 6.36. The highest BCUT2D eigenvalue weighted by Crippen LogP contribution is 2.37. The van der Waals surface area contributed by atoms with Crippen molar-refractivity contribution in [2.45, 2.75) is 25.3 Å². The lowest BCUT2D eigenvalue weighted by Crippen LogP contribution is -2.35. The number of ether oxygens (including phenoxy) is 1. The number of nitrogens with one attached hydrogen (secondary N) is 1. The summed E-state index contributed by atoms with van der Waals surface area (Å²) >= 11 is 6.36. The largest absolute Gasteiger partial charge is 0.493 e. The molecule has 3 rings (SSSR count). The third-order valence-electron chi connectivity index (χ3n) is 4.29. The Hall–Kier alpha value is -1.52. The second kappa shape index (κ2) is 5.70. The number of hydrogen-bond acceptors (Lipinski definition) is 3. The van der Waals surface area contributed by atoms with E-state index in [1.807, 2.05) is 33.2 Å². The monoisotopic (exact) mass is 305 g/mol. The van der Waals surface area contributed by atoms with Crippen LogP contribution >= 0.6 is 11.6 Å². The molecule has 4 nitrogen and oxygen atoms in total. The van der Waals surface area contributed by atoms with Crippen molar-refractivity contribution in [3.63, 3.8) is 0 Å². The van der Waals surface area contributed by atoms with Crippen molar-refractivity contribution in [3.8, 4) is 5.75 Å². The predicted molar refractivity (Wildman–Crippen MR) is 84.2 cm³/mol. The molecule has 21 heavy (non-hydrogen) atoms. The lowest BCUT2D eigenvalue weighted by atomic mass is 9.89. The Morgan fingerprint density at radius 1 is 1.48 bits per heavy atom. The van der Waals surface area contributed by atoms with Gasteiger partial charge in [0.05, 0.1) is 12.3 Å². The molecule has 0 aliphatic carbocycles. The summed E-state index contributed by atoms with van der Waals surface area (Å²) in [7, 11) is 3.87. The first-order valence-electron chi connectivity index (χ1n) is 7.18. The van der Waals surface area contributed by atoms with E-state index in [0.29, 0.717) is 12.5 Å². The molecule has 2 unspecified atom stereocenters. The molecule has 0 spiro atoms. The van der Waals surface area contributed by atoms with Gasteiger partial charge in [0.1, 0.15) is 10.9 Å². The van der Waals surface area contributed by atoms with E-state index in [2.05, 4.69) is 22.5 Å². The Kier molecular flexibility index (Phi) is 3.91. The zero-order valence-corrected chi connectivity index (χ0v) is 13.3. The standard InChI is InChI=1S/C16H20ClN3O/c1-10-12(16(17)20(3)19-10)8-14(18-2)13-9-21-15-7-5-4-6-11(13)15/h4-7,13-14,18H,8-9H2,1-3H3. The molecule has 0 fully saturated rings. The fourth-order valence-corrected chi connectivity index (χ4v) is 3.34. The molecule has 1 aromatic carbocycles. The number of aryl methyl sites for hydroxylation is 2. The minimum Gasteiger partial charge on any atom is -0.493 e. The average Bonchev–Trinajstić information content (AvgIpc) is 3.00. The number of rotatable bonds is 4. The second-order valence-electron chi connectivity index (χ2n) is 5.53. The highest BCUT2D eigenvalue weighted by atomic mass is 35.5. The third kappa shape index (κ3) is 2.54. The van der Waals surface area contributed by atoms with Crippen LogP contribution in [0.15, 0.2) is 24.3 Å². The summed E-state index contributed by atoms with van der Waals surface area (Å²) < 4.78 is 7.54. The van der Waals surface area contributed by atoms with Gasteiger partial charge in [0.25, 0.3) is 0 Å². The van der Waals surface area contributed by atoms with Gasteiger partial charge < -0.3 is 10.1 Å². The van der Waals surface area contributed by atoms with E-state index >= 15 is 0 Å². The Bertz CT molecular complexity index is 653. The van der Waals surface area contributed by atoms with Crippen molar-refractivity contribution in [2.75, 3.05) is 13.7 Å². The highest BCUT2D eigenvalue weighted by Gasteiger charge is 2.31. The summed E-state index contributed by atoms with van der Waals surface area (Å²) in [6.45, 7) is 2.72. The van der Waals surface area contributed by atoms with Crippen LogP contribution in [-0.2, 0) is 13.5 Å². The number of aromatic nitrogens is 2. The van der Waals surface area contributed by atoms with Crippen LogP contribution in [0.25, 0.3) is 0 Å². The van der Waals surface area contributed by atoms with E-state index in [1.54, 1.807) is 4.68 Å². The molecule has 1 aliphatic heterocycles. The maximum absolute atomic E-state index is 6.36. The molecule has 2 atom stereocenters. The molecule has 0 amide bonds. The van der Waals surface area contributed by atoms with Gasteiger partial charge in [-0.05, 0) is 26.5 Å². The number of nitrogens with zero attached hydrogens (tertiary/aromatic N) is 2. The van der Waals surface area contributed by atoms with E-state index in [9.17, 15) is 0 Å². The van der Waals surface area contributed by atoms with Crippen molar-refractivity contribution in [1.29, 1.82) is 0 Å². The molecule has 0 radical (unpaired) electrons. The maximum Gasteiger partial charge on any atom is 0.130 e. The van der Waals surface area contributed by atoms with E-state index in [-0.39, 0.29) is 6.04 Å². The normalized spacial score (nSPS) is 18.4. The first-order valence-corrected chi connectivity index (χ1v) is 7.56. The van der Waals surface area contributed by atoms with Gasteiger partial charge in [-0.2, -0.15) is 5.10 Å². The van der Waals surface area contributed by atoms with Crippen LogP contribution in [0.5, 0.6) is 5.75 Å². The smallest absolute Gasteiger partial charge is 0.130 e. The number of para-hydroxylation sites is 1. The number of halogens is 1. The fraction of sp³-hybridized carbons (Fsp3) is 0.438. The zero-order valence-electron chi connectivity index (χ0n) is 12.6. The summed E-state index contributed by atoms with van der Waals surface area (Å²) in [6.07, 6.45) is 0.845. The predicted octanol–water partition coefficient (Wildman–Crippen LogP) is 2.69. The molecule has 0 bridgehead atoms. The lowest BCUT2D eigenvalue weighted by Gasteiger charge is -2.22. The van der Waals surface area contributed by atoms with Crippen LogP contribution < -0.4 is 10.1 Å². The summed E-state index contributed by atoms with van der Waals surface area (Å²) in [5.74, 6) is 1.33. The summed E-state index contributed by atoms with van der Waals surface area (Å²) in [5.41, 5.74) is 3.38. The van der Waals surface area contributed by atoms with Gasteiger partial charge in [-0.15, -0.1) is 0 Å². The topological polar surface area (TPSA) is 39.1 Å². The SMILES string of the molecule is CNC(Cc1c(C)nn(C)c1Cl)C1COc2ccccc21. The van der Waals surface area contributed by atoms with Crippen molar-refractivity contribution < 1.29 is 4.74 Å². The van der Waals surface area contributed by atoms with E-state index in [1.165, 1.54) is 5.56 Å². The zero-order chi connectivity index (χ0) is 15.0. The van der Waals surface area contributed by atoms with Crippen LogP contribution in [-0.4, -0.2) is 29.5 Å². The summed E-state index contributed by atoms with van der Waals surface area (Å²) in [5, 5.41) is 8.54. The number of benzene rings is 1. The third-order valence-corrected chi connectivity index (χ3v) is 4.76. The lowest BCUT2D eigenvalue weighted by molar-refractivity contribution is 0.302. The van der Waals surface area contributed by atoms with Crippen LogP contribution in [0.2, 0.25) is 5.15 Å². The Labute approximate surface area is 130 Å². The molecule has 5 heteroatoms. The quantitative estimate of drug-likeness (QED) is 0.944. The van der Waals surface area contributed by atoms with Crippen molar-refractivity contribution in [3.05, 3.63) is 46.2 Å². The van der Waals surface area contributed by atoms with Gasteiger partial charge >= 0.3 is 0 Å². The molecule has 112 valence electrons. The summed E-state index contributed by atoms with van der Waals surface area (Å²) in [6, 6.07) is 8.53. The highest BCUT2D eigenvalue weighted by molar-refractivity contribution is 6.30. The van der Waals surface area contributed by atoms with Crippen molar-refractivity contribution >= 4 is 11.6 Å².